The number of aliphatic carboxylic acids is 1. The van der Waals surface area contributed by atoms with E-state index in [4.69, 9.17) is 23.2 Å². The highest BCUT2D eigenvalue weighted by Gasteiger charge is 2.28. The van der Waals surface area contributed by atoms with Gasteiger partial charge in [-0.3, -0.25) is 9.69 Å². The average molecular weight is 422 g/mol. The van der Waals surface area contributed by atoms with E-state index in [0.29, 0.717) is 24.5 Å². The highest BCUT2D eigenvalue weighted by atomic mass is 35.5. The molecule has 1 aliphatic rings. The number of rotatable bonds is 7. The summed E-state index contributed by atoms with van der Waals surface area (Å²) in [6.07, 6.45) is 3.23. The monoisotopic (exact) mass is 421 g/mol. The maximum Gasteiger partial charge on any atom is 0.307 e. The molecule has 1 aromatic carbocycles. The molecule has 28 heavy (non-hydrogen) atoms. The Balaban J connectivity index is 1.73. The third-order valence-corrected chi connectivity index (χ3v) is 6.03. The van der Waals surface area contributed by atoms with Crippen LogP contribution in [0.5, 0.6) is 0 Å². The largest absolute Gasteiger partial charge is 0.481 e. The molecular weight excluding hydrogens is 397 g/mol. The predicted molar refractivity (Wildman–Crippen MR) is 113 cm³/mol. The first-order valence-corrected chi connectivity index (χ1v) is 10.2. The van der Waals surface area contributed by atoms with Crippen LogP contribution in [-0.4, -0.2) is 34.0 Å². The van der Waals surface area contributed by atoms with Crippen molar-refractivity contribution in [3.8, 4) is 0 Å². The zero-order valence-corrected chi connectivity index (χ0v) is 17.6. The van der Waals surface area contributed by atoms with Gasteiger partial charge >= 0.3 is 5.97 Å². The number of halogens is 2. The lowest BCUT2D eigenvalue weighted by Gasteiger charge is -2.21. The number of hydrogen-bond acceptors (Lipinski definition) is 4. The second-order valence-corrected chi connectivity index (χ2v) is 8.15. The molecule has 1 aliphatic heterocycles. The molecule has 3 rings (SSSR count). The second-order valence-electron chi connectivity index (χ2n) is 7.33. The molecule has 150 valence electrons. The number of carboxylic acid groups (broad SMARTS) is 1. The molecule has 0 spiro atoms. The van der Waals surface area contributed by atoms with E-state index in [1.807, 2.05) is 25.1 Å². The van der Waals surface area contributed by atoms with Crippen LogP contribution in [0.25, 0.3) is 0 Å². The van der Waals surface area contributed by atoms with Crippen molar-refractivity contribution in [3.05, 3.63) is 57.2 Å². The first-order chi connectivity index (χ1) is 13.4. The standard InChI is InChI=1S/C21H25Cl2N3O2/c1-3-19(14-4-5-17(22)13(2)8-14)25-20-9-16(18(23)10-24-20)12-26-7-6-15(11-26)21(27)28/h4-5,8-10,15,19H,3,6-7,11-12H2,1-2H3,(H,24,25)(H,27,28)/t15?,19-/m1/s1. The highest BCUT2D eigenvalue weighted by Crippen LogP contribution is 2.28. The van der Waals surface area contributed by atoms with Crippen molar-refractivity contribution in [1.82, 2.24) is 9.88 Å². The summed E-state index contributed by atoms with van der Waals surface area (Å²) in [6, 6.07) is 8.12. The predicted octanol–water partition coefficient (Wildman–Crippen LogP) is 5.17. The number of carboxylic acids is 1. The smallest absolute Gasteiger partial charge is 0.307 e. The number of anilines is 1. The van der Waals surface area contributed by atoms with Gasteiger partial charge in [0, 0.05) is 24.3 Å². The third kappa shape index (κ3) is 4.96. The fourth-order valence-electron chi connectivity index (χ4n) is 3.58. The third-order valence-electron chi connectivity index (χ3n) is 5.26. The van der Waals surface area contributed by atoms with Crippen molar-refractivity contribution in [3.63, 3.8) is 0 Å². The number of carbonyl (C=O) groups is 1. The fourth-order valence-corrected chi connectivity index (χ4v) is 3.86. The Kier molecular flexibility index (Phi) is 6.81. The van der Waals surface area contributed by atoms with Crippen LogP contribution in [0.2, 0.25) is 10.0 Å². The van der Waals surface area contributed by atoms with E-state index in [1.54, 1.807) is 6.20 Å². The van der Waals surface area contributed by atoms with Crippen molar-refractivity contribution >= 4 is 35.0 Å². The Morgan fingerprint density at radius 3 is 2.79 bits per heavy atom. The van der Waals surface area contributed by atoms with Gasteiger partial charge in [0.25, 0.3) is 0 Å². The summed E-state index contributed by atoms with van der Waals surface area (Å²) in [5.74, 6) is -0.265. The lowest BCUT2D eigenvalue weighted by molar-refractivity contribution is -0.141. The molecule has 0 aliphatic carbocycles. The van der Waals surface area contributed by atoms with Crippen LogP contribution >= 0.6 is 23.2 Å². The Bertz CT molecular complexity index is 860. The number of aryl methyl sites for hydroxylation is 1. The molecule has 1 fully saturated rings. The Hall–Kier alpha value is -1.82. The molecule has 1 aromatic heterocycles. The molecule has 5 nitrogen and oxygen atoms in total. The van der Waals surface area contributed by atoms with Gasteiger partial charge in [0.15, 0.2) is 0 Å². The van der Waals surface area contributed by atoms with Gasteiger partial charge in [-0.05, 0) is 55.1 Å². The van der Waals surface area contributed by atoms with E-state index in [0.717, 1.165) is 40.5 Å². The Morgan fingerprint density at radius 2 is 2.14 bits per heavy atom. The van der Waals surface area contributed by atoms with E-state index < -0.39 is 5.97 Å². The van der Waals surface area contributed by atoms with E-state index in [2.05, 4.69) is 28.2 Å². The molecule has 0 saturated carbocycles. The van der Waals surface area contributed by atoms with Gasteiger partial charge in [0.05, 0.1) is 17.0 Å². The lowest BCUT2D eigenvalue weighted by atomic mass is 10.0. The van der Waals surface area contributed by atoms with E-state index >= 15 is 0 Å². The van der Waals surface area contributed by atoms with Gasteiger partial charge in [-0.15, -0.1) is 0 Å². The van der Waals surface area contributed by atoms with Crippen LogP contribution in [-0.2, 0) is 11.3 Å². The van der Waals surface area contributed by atoms with Crippen LogP contribution in [0.4, 0.5) is 5.82 Å². The summed E-state index contributed by atoms with van der Waals surface area (Å²) in [5, 5.41) is 14.0. The number of benzene rings is 1. The SMILES string of the molecule is CC[C@@H](Nc1cc(CN2CCC(C(=O)O)C2)c(Cl)cn1)c1ccc(Cl)c(C)c1. The van der Waals surface area contributed by atoms with Gasteiger partial charge in [-0.2, -0.15) is 0 Å². The molecule has 1 saturated heterocycles. The molecule has 2 heterocycles. The zero-order chi connectivity index (χ0) is 20.3. The highest BCUT2D eigenvalue weighted by molar-refractivity contribution is 6.31. The maximum atomic E-state index is 11.2. The van der Waals surface area contributed by atoms with Crippen molar-refractivity contribution in [1.29, 1.82) is 0 Å². The molecule has 0 amide bonds. The van der Waals surface area contributed by atoms with Gasteiger partial charge < -0.3 is 10.4 Å². The molecule has 2 aromatic rings. The normalized spacial score (nSPS) is 18.2. The number of pyridine rings is 1. The van der Waals surface area contributed by atoms with Gasteiger partial charge in [0.2, 0.25) is 0 Å². The quantitative estimate of drug-likeness (QED) is 0.645. The number of nitrogens with one attached hydrogen (secondary N) is 1. The van der Waals surface area contributed by atoms with E-state index in [1.165, 1.54) is 0 Å². The van der Waals surface area contributed by atoms with Crippen molar-refractivity contribution in [2.24, 2.45) is 5.92 Å². The Labute approximate surface area is 175 Å². The van der Waals surface area contributed by atoms with Gasteiger partial charge in [-0.25, -0.2) is 4.98 Å². The van der Waals surface area contributed by atoms with E-state index in [9.17, 15) is 9.90 Å². The van der Waals surface area contributed by atoms with E-state index in [-0.39, 0.29) is 12.0 Å². The molecule has 7 heteroatoms. The summed E-state index contributed by atoms with van der Waals surface area (Å²) >= 11 is 12.5. The molecule has 1 unspecified atom stereocenters. The minimum Gasteiger partial charge on any atom is -0.481 e. The first kappa shape index (κ1) is 20.9. The van der Waals surface area contributed by atoms with Crippen LogP contribution < -0.4 is 5.32 Å². The van der Waals surface area contributed by atoms with Crippen molar-refractivity contribution in [2.75, 3.05) is 18.4 Å². The second kappa shape index (κ2) is 9.12. The maximum absolute atomic E-state index is 11.2. The Morgan fingerprint density at radius 1 is 1.36 bits per heavy atom. The molecule has 0 radical (unpaired) electrons. The number of aromatic nitrogens is 1. The summed E-state index contributed by atoms with van der Waals surface area (Å²) < 4.78 is 0. The van der Waals surface area contributed by atoms with Crippen LogP contribution in [0, 0.1) is 12.8 Å². The summed E-state index contributed by atoms with van der Waals surface area (Å²) in [5.41, 5.74) is 3.16. The summed E-state index contributed by atoms with van der Waals surface area (Å²) in [6.45, 7) is 6.06. The van der Waals surface area contributed by atoms with Crippen molar-refractivity contribution in [2.45, 2.75) is 39.3 Å². The minimum absolute atomic E-state index is 0.112. The molecular formula is C21H25Cl2N3O2. The minimum atomic E-state index is -0.727. The number of hydrogen-bond donors (Lipinski definition) is 2. The van der Waals surface area contributed by atoms with Crippen molar-refractivity contribution < 1.29 is 9.90 Å². The van der Waals surface area contributed by atoms with Crippen LogP contribution in [0.1, 0.15) is 42.5 Å². The first-order valence-electron chi connectivity index (χ1n) is 9.49. The average Bonchev–Trinajstić information content (AvgIpc) is 3.13. The van der Waals surface area contributed by atoms with Gasteiger partial charge in [-0.1, -0.05) is 42.3 Å². The number of likely N-dealkylation sites (tertiary alicyclic amines) is 1. The van der Waals surface area contributed by atoms with Gasteiger partial charge in [0.1, 0.15) is 5.82 Å². The summed E-state index contributed by atoms with van der Waals surface area (Å²) in [4.78, 5) is 17.7. The zero-order valence-electron chi connectivity index (χ0n) is 16.1. The summed E-state index contributed by atoms with van der Waals surface area (Å²) in [7, 11) is 0. The van der Waals surface area contributed by atoms with Crippen LogP contribution in [0.15, 0.2) is 30.5 Å². The number of nitrogens with zero attached hydrogens (tertiary/aromatic N) is 2. The lowest BCUT2D eigenvalue weighted by Crippen LogP contribution is -2.23. The van der Waals surface area contributed by atoms with Crippen LogP contribution in [0.3, 0.4) is 0 Å². The molecule has 2 N–H and O–H groups in total. The topological polar surface area (TPSA) is 65.5 Å². The molecule has 2 atom stereocenters. The molecule has 0 bridgehead atoms. The fraction of sp³-hybridized carbons (Fsp3) is 0.429.